The number of carbonyl (C=O) groups excluding carboxylic acids is 1. The lowest BCUT2D eigenvalue weighted by molar-refractivity contribution is 0.0674. The van der Waals surface area contributed by atoms with Gasteiger partial charge in [0.2, 0.25) is 0 Å². The summed E-state index contributed by atoms with van der Waals surface area (Å²) in [5, 5.41) is 17.7. The summed E-state index contributed by atoms with van der Waals surface area (Å²) >= 11 is 0. The predicted octanol–water partition coefficient (Wildman–Crippen LogP) is 0.785. The summed E-state index contributed by atoms with van der Waals surface area (Å²) in [6, 6.07) is 3.33. The fourth-order valence-corrected chi connectivity index (χ4v) is 1.28. The topological polar surface area (TPSA) is 94.9 Å². The van der Waals surface area contributed by atoms with Gasteiger partial charge in [-0.05, 0) is 18.2 Å². The first-order valence-electron chi connectivity index (χ1n) is 4.67. The van der Waals surface area contributed by atoms with Gasteiger partial charge in [-0.25, -0.2) is 9.59 Å². The molecular formula is C11H11NO5. The Morgan fingerprint density at radius 1 is 1.00 bits per heavy atom. The van der Waals surface area contributed by atoms with E-state index in [1.54, 1.807) is 0 Å². The number of hydrogen-bond donors (Lipinski definition) is 2. The van der Waals surface area contributed by atoms with E-state index in [0.29, 0.717) is 0 Å². The molecule has 0 aliphatic heterocycles. The number of rotatable bonds is 3. The number of carbonyl (C=O) groups is 3. The molecule has 1 aromatic rings. The molecule has 0 spiro atoms. The SMILES string of the molecule is CN(C)C(=O)c1cc(C(=O)O)ccc1C(=O)O. The molecule has 0 radical (unpaired) electrons. The molecule has 2 N–H and O–H groups in total. The molecule has 0 aliphatic rings. The Labute approximate surface area is 97.1 Å². The quantitative estimate of drug-likeness (QED) is 0.810. The maximum absolute atomic E-state index is 11.7. The van der Waals surface area contributed by atoms with Gasteiger partial charge in [0.1, 0.15) is 0 Å². The molecule has 90 valence electrons. The van der Waals surface area contributed by atoms with E-state index in [4.69, 9.17) is 10.2 Å². The smallest absolute Gasteiger partial charge is 0.336 e. The van der Waals surface area contributed by atoms with Gasteiger partial charge in [0, 0.05) is 14.1 Å². The van der Waals surface area contributed by atoms with Crippen molar-refractivity contribution in [3.05, 3.63) is 34.9 Å². The third kappa shape index (κ3) is 2.60. The van der Waals surface area contributed by atoms with Crippen LogP contribution in [0.3, 0.4) is 0 Å². The monoisotopic (exact) mass is 237 g/mol. The van der Waals surface area contributed by atoms with Crippen LogP contribution >= 0.6 is 0 Å². The largest absolute Gasteiger partial charge is 0.478 e. The van der Waals surface area contributed by atoms with Crippen molar-refractivity contribution in [3.8, 4) is 0 Å². The van der Waals surface area contributed by atoms with Crippen LogP contribution in [0.2, 0.25) is 0 Å². The molecule has 6 heteroatoms. The molecule has 1 amide bonds. The summed E-state index contributed by atoms with van der Waals surface area (Å²) in [5.41, 5.74) is -0.476. The van der Waals surface area contributed by atoms with E-state index < -0.39 is 17.8 Å². The van der Waals surface area contributed by atoms with Crippen LogP contribution in [-0.4, -0.2) is 47.1 Å². The maximum atomic E-state index is 11.7. The van der Waals surface area contributed by atoms with Crippen molar-refractivity contribution in [3.63, 3.8) is 0 Å². The lowest BCUT2D eigenvalue weighted by Crippen LogP contribution is -2.24. The number of benzene rings is 1. The first-order chi connectivity index (χ1) is 7.84. The third-order valence-electron chi connectivity index (χ3n) is 2.13. The van der Waals surface area contributed by atoms with Crippen LogP contribution < -0.4 is 0 Å². The summed E-state index contributed by atoms with van der Waals surface area (Å²) in [4.78, 5) is 34.6. The Hall–Kier alpha value is -2.37. The molecule has 6 nitrogen and oxygen atoms in total. The summed E-state index contributed by atoms with van der Waals surface area (Å²) < 4.78 is 0. The standard InChI is InChI=1S/C11H11NO5/c1-12(2)9(13)8-5-6(10(14)15)3-4-7(8)11(16)17/h3-5H,1-2H3,(H,14,15)(H,16,17). The van der Waals surface area contributed by atoms with E-state index in [1.807, 2.05) is 0 Å². The van der Waals surface area contributed by atoms with Gasteiger partial charge in [0.05, 0.1) is 16.7 Å². The second-order valence-corrected chi connectivity index (χ2v) is 3.57. The molecule has 1 rings (SSSR count). The fourth-order valence-electron chi connectivity index (χ4n) is 1.28. The average Bonchev–Trinajstić information content (AvgIpc) is 2.26. The van der Waals surface area contributed by atoms with Crippen molar-refractivity contribution >= 4 is 17.8 Å². The van der Waals surface area contributed by atoms with Crippen molar-refractivity contribution in [1.82, 2.24) is 4.90 Å². The second kappa shape index (κ2) is 4.65. The predicted molar refractivity (Wildman–Crippen MR) is 58.4 cm³/mol. The van der Waals surface area contributed by atoms with Crippen LogP contribution in [0.5, 0.6) is 0 Å². The normalized spacial score (nSPS) is 9.76. The van der Waals surface area contributed by atoms with E-state index in [-0.39, 0.29) is 16.7 Å². The Morgan fingerprint density at radius 3 is 2.00 bits per heavy atom. The highest BCUT2D eigenvalue weighted by Gasteiger charge is 2.19. The van der Waals surface area contributed by atoms with E-state index in [9.17, 15) is 14.4 Å². The molecule has 17 heavy (non-hydrogen) atoms. The Bertz CT molecular complexity index is 493. The Kier molecular flexibility index (Phi) is 3.47. The highest BCUT2D eigenvalue weighted by atomic mass is 16.4. The number of hydrogen-bond acceptors (Lipinski definition) is 3. The van der Waals surface area contributed by atoms with Crippen LogP contribution in [0.4, 0.5) is 0 Å². The fraction of sp³-hybridized carbons (Fsp3) is 0.182. The van der Waals surface area contributed by atoms with Crippen LogP contribution in [0.15, 0.2) is 18.2 Å². The maximum Gasteiger partial charge on any atom is 0.336 e. The Balaban J connectivity index is 3.40. The minimum absolute atomic E-state index is 0.125. The molecule has 0 bridgehead atoms. The van der Waals surface area contributed by atoms with Gasteiger partial charge in [-0.15, -0.1) is 0 Å². The second-order valence-electron chi connectivity index (χ2n) is 3.57. The zero-order valence-corrected chi connectivity index (χ0v) is 9.30. The first-order valence-corrected chi connectivity index (χ1v) is 4.67. The number of amides is 1. The van der Waals surface area contributed by atoms with E-state index in [1.165, 1.54) is 19.0 Å². The molecule has 1 aromatic carbocycles. The van der Waals surface area contributed by atoms with Gasteiger partial charge in [-0.2, -0.15) is 0 Å². The summed E-state index contributed by atoms with van der Waals surface area (Å²) in [6.45, 7) is 0. The molecule has 0 saturated carbocycles. The number of nitrogens with zero attached hydrogens (tertiary/aromatic N) is 1. The lowest BCUT2D eigenvalue weighted by atomic mass is 10.0. The number of aromatic carboxylic acids is 2. The number of carboxylic acids is 2. The molecule has 0 aromatic heterocycles. The molecule has 0 aliphatic carbocycles. The highest BCUT2D eigenvalue weighted by molar-refractivity contribution is 6.06. The van der Waals surface area contributed by atoms with Crippen LogP contribution in [0, 0.1) is 0 Å². The molecule has 0 unspecified atom stereocenters. The Morgan fingerprint density at radius 2 is 1.59 bits per heavy atom. The van der Waals surface area contributed by atoms with Crippen molar-refractivity contribution in [2.45, 2.75) is 0 Å². The van der Waals surface area contributed by atoms with Gasteiger partial charge in [0.25, 0.3) is 5.91 Å². The minimum Gasteiger partial charge on any atom is -0.478 e. The zero-order chi connectivity index (χ0) is 13.2. The molecule has 0 atom stereocenters. The van der Waals surface area contributed by atoms with Gasteiger partial charge >= 0.3 is 11.9 Å². The summed E-state index contributed by atoms with van der Waals surface area (Å²) in [5.74, 6) is -3.03. The summed E-state index contributed by atoms with van der Waals surface area (Å²) in [7, 11) is 2.92. The van der Waals surface area contributed by atoms with E-state index in [2.05, 4.69) is 0 Å². The van der Waals surface area contributed by atoms with Crippen molar-refractivity contribution in [1.29, 1.82) is 0 Å². The average molecular weight is 237 g/mol. The molecule has 0 saturated heterocycles. The molecule has 0 heterocycles. The van der Waals surface area contributed by atoms with Gasteiger partial charge in [-0.1, -0.05) is 0 Å². The van der Waals surface area contributed by atoms with E-state index in [0.717, 1.165) is 18.2 Å². The molecule has 0 fully saturated rings. The van der Waals surface area contributed by atoms with Gasteiger partial charge in [0.15, 0.2) is 0 Å². The van der Waals surface area contributed by atoms with Crippen LogP contribution in [0.1, 0.15) is 31.1 Å². The lowest BCUT2D eigenvalue weighted by Gasteiger charge is -2.12. The van der Waals surface area contributed by atoms with Crippen LogP contribution in [0.25, 0.3) is 0 Å². The first kappa shape index (κ1) is 12.7. The van der Waals surface area contributed by atoms with Crippen molar-refractivity contribution in [2.24, 2.45) is 0 Å². The minimum atomic E-state index is -1.27. The number of carboxylic acid groups (broad SMARTS) is 2. The molecular weight excluding hydrogens is 226 g/mol. The zero-order valence-electron chi connectivity index (χ0n) is 9.30. The van der Waals surface area contributed by atoms with E-state index >= 15 is 0 Å². The van der Waals surface area contributed by atoms with Crippen molar-refractivity contribution < 1.29 is 24.6 Å². The third-order valence-corrected chi connectivity index (χ3v) is 2.13. The van der Waals surface area contributed by atoms with Crippen LogP contribution in [-0.2, 0) is 0 Å². The van der Waals surface area contributed by atoms with Gasteiger partial charge in [-0.3, -0.25) is 4.79 Å². The van der Waals surface area contributed by atoms with Gasteiger partial charge < -0.3 is 15.1 Å². The highest BCUT2D eigenvalue weighted by Crippen LogP contribution is 2.14. The summed E-state index contributed by atoms with van der Waals surface area (Å²) in [6.07, 6.45) is 0. The van der Waals surface area contributed by atoms with Crippen molar-refractivity contribution in [2.75, 3.05) is 14.1 Å².